The van der Waals surface area contributed by atoms with Gasteiger partial charge in [0.25, 0.3) is 6.48 Å². The zero-order valence-corrected chi connectivity index (χ0v) is 18.3. The molecule has 1 aliphatic rings. The molecule has 3 rings (SSSR count). The predicted molar refractivity (Wildman–Crippen MR) is 112 cm³/mol. The highest BCUT2D eigenvalue weighted by Crippen LogP contribution is 2.53. The van der Waals surface area contributed by atoms with Crippen molar-refractivity contribution in [2.45, 2.75) is 56.3 Å². The smallest absolute Gasteiger partial charge is 0.387 e. The van der Waals surface area contributed by atoms with Crippen molar-refractivity contribution < 1.29 is 53.5 Å². The maximum Gasteiger partial charge on any atom is 0.475 e. The van der Waals surface area contributed by atoms with E-state index in [4.69, 9.17) is 23.8 Å². The van der Waals surface area contributed by atoms with E-state index in [1.54, 1.807) is 60.7 Å². The van der Waals surface area contributed by atoms with Crippen LogP contribution in [0.2, 0.25) is 0 Å². The molecule has 12 heteroatoms. The molecule has 0 radical (unpaired) electrons. The number of ether oxygens (including phenoxy) is 1. The van der Waals surface area contributed by atoms with Crippen molar-refractivity contribution in [1.82, 2.24) is 0 Å². The van der Waals surface area contributed by atoms with Gasteiger partial charge in [0, 0.05) is 0 Å². The maximum absolute atomic E-state index is 13.4. The van der Waals surface area contributed by atoms with Gasteiger partial charge in [0.2, 0.25) is 0 Å². The predicted octanol–water partition coefficient (Wildman–Crippen LogP) is 0.0239. The van der Waals surface area contributed by atoms with Crippen LogP contribution in [0.5, 0.6) is 0 Å². The summed E-state index contributed by atoms with van der Waals surface area (Å²) in [5.41, 5.74) is 1.28. The van der Waals surface area contributed by atoms with E-state index in [-0.39, 0.29) is 13.2 Å². The molecule has 1 saturated carbocycles. The van der Waals surface area contributed by atoms with Gasteiger partial charge in [0.1, 0.15) is 36.6 Å². The molecule has 0 heterocycles. The first kappa shape index (κ1) is 25.9. The Hall–Kier alpha value is -1.73. The van der Waals surface area contributed by atoms with Crippen LogP contribution in [0.3, 0.4) is 0 Å². The van der Waals surface area contributed by atoms with Crippen molar-refractivity contribution in [3.8, 4) is 0 Å². The summed E-state index contributed by atoms with van der Waals surface area (Å²) in [5, 5.41) is 59.2. The lowest BCUT2D eigenvalue weighted by molar-refractivity contribution is -0.315. The first-order valence-electron chi connectivity index (χ1n) is 10.1. The van der Waals surface area contributed by atoms with Gasteiger partial charge < -0.3 is 35.4 Å². The zero-order valence-electron chi connectivity index (χ0n) is 17.4. The van der Waals surface area contributed by atoms with E-state index in [0.29, 0.717) is 11.1 Å². The van der Waals surface area contributed by atoms with Gasteiger partial charge in [0.15, 0.2) is 0 Å². The van der Waals surface area contributed by atoms with Crippen molar-refractivity contribution in [2.75, 3.05) is 0 Å². The van der Waals surface area contributed by atoms with Crippen molar-refractivity contribution in [1.29, 1.82) is 0 Å². The number of rotatable bonds is 10. The Bertz CT molecular complexity index is 834. The third-order valence-electron chi connectivity index (χ3n) is 5.04. The summed E-state index contributed by atoms with van der Waals surface area (Å²) < 4.78 is 34.2. The quantitative estimate of drug-likeness (QED) is 0.197. The lowest BCUT2D eigenvalue weighted by atomic mass is 9.85. The largest absolute Gasteiger partial charge is 0.475 e. The van der Waals surface area contributed by atoms with Gasteiger partial charge in [-0.05, 0) is 11.1 Å². The molecule has 0 saturated heterocycles. The molecule has 0 amide bonds. The average molecular weight is 486 g/mol. The lowest BCUT2D eigenvalue weighted by Gasteiger charge is -2.43. The lowest BCUT2D eigenvalue weighted by Crippen LogP contribution is -2.65. The third kappa shape index (κ3) is 6.89. The van der Waals surface area contributed by atoms with E-state index in [9.17, 15) is 25.0 Å². The van der Waals surface area contributed by atoms with Gasteiger partial charge in [0.05, 0.1) is 13.2 Å². The molecule has 0 spiro atoms. The molecule has 2 aromatic carbocycles. The molecule has 2 aromatic rings. The van der Waals surface area contributed by atoms with E-state index in [0.717, 1.165) is 0 Å². The first-order valence-corrected chi connectivity index (χ1v) is 11.6. The van der Waals surface area contributed by atoms with Crippen molar-refractivity contribution in [2.24, 2.45) is 0 Å². The second-order valence-corrected chi connectivity index (χ2v) is 9.05. The summed E-state index contributed by atoms with van der Waals surface area (Å²) >= 11 is 0. The van der Waals surface area contributed by atoms with Gasteiger partial charge in [-0.2, -0.15) is 0 Å². The molecule has 1 fully saturated rings. The molecular weight excluding hydrogens is 459 g/mol. The van der Waals surface area contributed by atoms with Crippen LogP contribution in [-0.4, -0.2) is 73.7 Å². The third-order valence-corrected chi connectivity index (χ3v) is 6.43. The molecule has 11 nitrogen and oxygen atoms in total. The minimum atomic E-state index is -4.48. The van der Waals surface area contributed by atoms with Crippen LogP contribution >= 0.6 is 7.82 Å². The Balaban J connectivity index is 1.78. The summed E-state index contributed by atoms with van der Waals surface area (Å²) in [5.74, 6) is 0. The molecular formula is C21H27O11P. The van der Waals surface area contributed by atoms with Crippen LogP contribution in [0.15, 0.2) is 60.7 Å². The number of aliphatic hydroxyl groups is 6. The number of aliphatic hydroxyl groups excluding tert-OH is 5. The van der Waals surface area contributed by atoms with Crippen LogP contribution in [0, 0.1) is 0 Å². The number of hydrogen-bond acceptors (Lipinski definition) is 11. The fourth-order valence-electron chi connectivity index (χ4n) is 3.31. The highest BCUT2D eigenvalue weighted by Gasteiger charge is 2.53. The summed E-state index contributed by atoms with van der Waals surface area (Å²) in [6.45, 7) is -2.77. The minimum Gasteiger partial charge on any atom is -0.387 e. The van der Waals surface area contributed by atoms with Crippen LogP contribution in [0.25, 0.3) is 0 Å². The Morgan fingerprint density at radius 1 is 0.697 bits per heavy atom. The highest BCUT2D eigenvalue weighted by atomic mass is 31.2. The van der Waals surface area contributed by atoms with Crippen molar-refractivity contribution in [3.05, 3.63) is 71.8 Å². The van der Waals surface area contributed by atoms with Crippen molar-refractivity contribution in [3.63, 3.8) is 0 Å². The molecule has 0 aliphatic heterocycles. The zero-order chi connectivity index (χ0) is 24.0. The molecule has 0 bridgehead atoms. The number of phosphoric acid groups is 1. The van der Waals surface area contributed by atoms with E-state index < -0.39 is 50.9 Å². The molecule has 1 aliphatic carbocycles. The van der Waals surface area contributed by atoms with Gasteiger partial charge in [-0.3, -0.25) is 13.6 Å². The van der Waals surface area contributed by atoms with Crippen LogP contribution in [0.4, 0.5) is 0 Å². The van der Waals surface area contributed by atoms with Gasteiger partial charge in [-0.1, -0.05) is 60.7 Å². The monoisotopic (exact) mass is 486 g/mol. The molecule has 33 heavy (non-hydrogen) atoms. The number of benzene rings is 2. The first-order chi connectivity index (χ1) is 15.7. The maximum atomic E-state index is 13.4. The molecule has 0 unspecified atom stereocenters. The van der Waals surface area contributed by atoms with Crippen LogP contribution < -0.4 is 0 Å². The molecule has 0 aromatic heterocycles. The summed E-state index contributed by atoms with van der Waals surface area (Å²) in [6, 6.07) is 17.4. The Morgan fingerprint density at radius 3 is 1.48 bits per heavy atom. The molecule has 182 valence electrons. The second-order valence-electron chi connectivity index (χ2n) is 7.42. The highest BCUT2D eigenvalue weighted by molar-refractivity contribution is 7.48. The van der Waals surface area contributed by atoms with Gasteiger partial charge in [-0.25, -0.2) is 4.57 Å². The Labute approximate surface area is 190 Å². The average Bonchev–Trinajstić information content (AvgIpc) is 2.82. The van der Waals surface area contributed by atoms with Crippen LogP contribution in [0.1, 0.15) is 11.1 Å². The van der Waals surface area contributed by atoms with E-state index in [2.05, 4.69) is 4.74 Å². The fraction of sp³-hybridized carbons (Fsp3) is 0.429. The number of hydrogen-bond donors (Lipinski definition) is 6. The fourth-order valence-corrected chi connectivity index (χ4v) is 4.67. The van der Waals surface area contributed by atoms with Crippen molar-refractivity contribution >= 4 is 7.82 Å². The van der Waals surface area contributed by atoms with E-state index in [1.807, 2.05) is 0 Å². The summed E-state index contributed by atoms with van der Waals surface area (Å²) in [7, 11) is -4.48. The molecule has 6 atom stereocenters. The van der Waals surface area contributed by atoms with E-state index in [1.165, 1.54) is 0 Å². The summed E-state index contributed by atoms with van der Waals surface area (Å²) in [4.78, 5) is 0. The summed E-state index contributed by atoms with van der Waals surface area (Å²) in [6.07, 6.45) is -11.3. The normalized spacial score (nSPS) is 28.2. The SMILES string of the molecule is O=P(OCc1ccccc1)(OCc1ccccc1)O[C@H]1[C@H](O)[C@H](O)[C@H](OC(O)O)[C@@H](O)[C@@H]1O. The van der Waals surface area contributed by atoms with Gasteiger partial charge >= 0.3 is 7.82 Å². The van der Waals surface area contributed by atoms with Gasteiger partial charge in [-0.15, -0.1) is 0 Å². The minimum absolute atomic E-state index is 0.195. The van der Waals surface area contributed by atoms with E-state index >= 15 is 0 Å². The number of phosphoric ester groups is 1. The Kier molecular flexibility index (Phi) is 9.10. The Morgan fingerprint density at radius 2 is 1.09 bits per heavy atom. The topological polar surface area (TPSA) is 175 Å². The van der Waals surface area contributed by atoms with Crippen LogP contribution in [-0.2, 0) is 36.1 Å². The standard InChI is InChI=1S/C21H27O11P/c22-15-17(24)20(18(25)16(23)19(15)31-21(26)27)32-33(28,29-11-13-7-3-1-4-8-13)30-12-14-9-5-2-6-10-14/h1-10,15-27H,11-12H2/t15-,16-,17-,18+,19+,20+/m0/s1. The second kappa shape index (κ2) is 11.6. The molecule has 6 N–H and O–H groups in total.